The van der Waals surface area contributed by atoms with Gasteiger partial charge in [-0.15, -0.1) is 0 Å². The molecule has 0 aliphatic heterocycles. The highest BCUT2D eigenvalue weighted by molar-refractivity contribution is 5.54. The summed E-state index contributed by atoms with van der Waals surface area (Å²) in [5, 5.41) is 13.0. The first-order valence-corrected chi connectivity index (χ1v) is 10.9. The third-order valence-electron chi connectivity index (χ3n) is 5.00. The summed E-state index contributed by atoms with van der Waals surface area (Å²) in [6.07, 6.45) is 20.9. The smallest absolute Gasteiger partial charge is 0.138 e. The number of hydrogen-bond acceptors (Lipinski definition) is 2. The highest BCUT2D eigenvalue weighted by atomic mass is 16.3. The van der Waals surface area contributed by atoms with Gasteiger partial charge in [0.25, 0.3) is 0 Å². The maximum absolute atomic E-state index is 9.67. The van der Waals surface area contributed by atoms with Gasteiger partial charge in [-0.3, -0.25) is 0 Å². The zero-order valence-corrected chi connectivity index (χ0v) is 16.6. The van der Waals surface area contributed by atoms with Crippen LogP contribution < -0.4 is 5.32 Å². The van der Waals surface area contributed by atoms with Crippen molar-refractivity contribution in [2.75, 3.05) is 11.9 Å². The Bertz CT molecular complexity index is 405. The molecule has 0 aromatic heterocycles. The number of rotatable bonds is 17. The number of phenolic OH excluding ortho intramolecular Hbond substituents is 1. The number of para-hydroxylation sites is 2. The summed E-state index contributed by atoms with van der Waals surface area (Å²) in [5.41, 5.74) is 0.855. The van der Waals surface area contributed by atoms with Gasteiger partial charge in [0.15, 0.2) is 0 Å². The fourth-order valence-corrected chi connectivity index (χ4v) is 3.34. The van der Waals surface area contributed by atoms with Crippen LogP contribution in [0.3, 0.4) is 0 Å². The Labute approximate surface area is 156 Å². The van der Waals surface area contributed by atoms with Crippen LogP contribution in [0.25, 0.3) is 0 Å². The zero-order chi connectivity index (χ0) is 18.0. The molecular weight excluding hydrogens is 306 g/mol. The fraction of sp³-hybridized carbons (Fsp3) is 0.739. The minimum absolute atomic E-state index is 0.350. The van der Waals surface area contributed by atoms with Gasteiger partial charge in [0, 0.05) is 6.54 Å². The number of hydrogen-bond donors (Lipinski definition) is 2. The van der Waals surface area contributed by atoms with Crippen molar-refractivity contribution in [3.8, 4) is 5.75 Å². The van der Waals surface area contributed by atoms with E-state index in [0.29, 0.717) is 5.75 Å². The molecule has 1 aromatic carbocycles. The van der Waals surface area contributed by atoms with E-state index in [2.05, 4.69) is 12.2 Å². The lowest BCUT2D eigenvalue weighted by Crippen LogP contribution is -2.01. The Morgan fingerprint density at radius 3 is 1.56 bits per heavy atom. The third-order valence-corrected chi connectivity index (χ3v) is 5.00. The third kappa shape index (κ3) is 12.8. The first-order chi connectivity index (χ1) is 12.3. The zero-order valence-electron chi connectivity index (χ0n) is 16.6. The molecule has 0 amide bonds. The standard InChI is InChI=1S/C23H41NO/c1-2-3-4-5-6-7-8-9-10-11-12-13-14-15-18-21-24-22-19-16-17-20-23(22)25/h16-17,19-20,24-25H,2-15,18,21H2,1H3. The SMILES string of the molecule is CCCCCCCCCCCCCCCCCNc1ccccc1O. The predicted octanol–water partition coefficient (Wildman–Crippen LogP) is 7.68. The van der Waals surface area contributed by atoms with Gasteiger partial charge in [-0.1, -0.05) is 109 Å². The number of anilines is 1. The average molecular weight is 348 g/mol. The van der Waals surface area contributed by atoms with Crippen LogP contribution in [0.5, 0.6) is 5.75 Å². The van der Waals surface area contributed by atoms with Gasteiger partial charge in [0.1, 0.15) is 5.75 Å². The second kappa shape index (κ2) is 16.3. The Kier molecular flexibility index (Phi) is 14.3. The average Bonchev–Trinajstić information content (AvgIpc) is 2.63. The molecule has 25 heavy (non-hydrogen) atoms. The molecule has 2 N–H and O–H groups in total. The molecule has 0 spiro atoms. The summed E-state index contributed by atoms with van der Waals surface area (Å²) in [4.78, 5) is 0. The molecule has 0 aliphatic carbocycles. The minimum Gasteiger partial charge on any atom is -0.506 e. The lowest BCUT2D eigenvalue weighted by Gasteiger charge is -2.08. The number of aromatic hydroxyl groups is 1. The van der Waals surface area contributed by atoms with E-state index in [1.807, 2.05) is 18.2 Å². The topological polar surface area (TPSA) is 32.3 Å². The molecule has 0 aliphatic rings. The van der Waals surface area contributed by atoms with E-state index in [9.17, 15) is 5.11 Å². The van der Waals surface area contributed by atoms with Crippen molar-refractivity contribution in [2.24, 2.45) is 0 Å². The Hall–Kier alpha value is -1.18. The van der Waals surface area contributed by atoms with E-state index in [-0.39, 0.29) is 0 Å². The second-order valence-corrected chi connectivity index (χ2v) is 7.39. The monoisotopic (exact) mass is 347 g/mol. The molecule has 0 saturated heterocycles. The molecule has 0 bridgehead atoms. The van der Waals surface area contributed by atoms with E-state index < -0.39 is 0 Å². The molecule has 2 heteroatoms. The molecule has 0 radical (unpaired) electrons. The van der Waals surface area contributed by atoms with E-state index in [1.165, 1.54) is 96.3 Å². The van der Waals surface area contributed by atoms with Gasteiger partial charge in [0.05, 0.1) is 5.69 Å². The number of unbranched alkanes of at least 4 members (excludes halogenated alkanes) is 14. The lowest BCUT2D eigenvalue weighted by atomic mass is 10.0. The molecule has 0 heterocycles. The number of phenols is 1. The summed E-state index contributed by atoms with van der Waals surface area (Å²) < 4.78 is 0. The van der Waals surface area contributed by atoms with Crippen molar-refractivity contribution in [1.29, 1.82) is 0 Å². The number of benzene rings is 1. The predicted molar refractivity (Wildman–Crippen MR) is 112 cm³/mol. The van der Waals surface area contributed by atoms with Crippen LogP contribution in [0.1, 0.15) is 103 Å². The van der Waals surface area contributed by atoms with Crippen molar-refractivity contribution in [3.05, 3.63) is 24.3 Å². The first-order valence-electron chi connectivity index (χ1n) is 10.9. The van der Waals surface area contributed by atoms with E-state index in [1.54, 1.807) is 6.07 Å². The Balaban J connectivity index is 1.75. The molecular formula is C23H41NO. The molecule has 1 rings (SSSR count). The van der Waals surface area contributed by atoms with Crippen LogP contribution in [0.4, 0.5) is 5.69 Å². The van der Waals surface area contributed by atoms with Gasteiger partial charge in [-0.2, -0.15) is 0 Å². The maximum atomic E-state index is 9.67. The van der Waals surface area contributed by atoms with Gasteiger partial charge in [0.2, 0.25) is 0 Å². The maximum Gasteiger partial charge on any atom is 0.138 e. The van der Waals surface area contributed by atoms with Gasteiger partial charge in [-0.25, -0.2) is 0 Å². The van der Waals surface area contributed by atoms with E-state index in [0.717, 1.165) is 12.2 Å². The molecule has 0 atom stereocenters. The summed E-state index contributed by atoms with van der Waals surface area (Å²) >= 11 is 0. The van der Waals surface area contributed by atoms with Gasteiger partial charge < -0.3 is 10.4 Å². The summed E-state index contributed by atoms with van der Waals surface area (Å²) in [6.45, 7) is 3.24. The van der Waals surface area contributed by atoms with Crippen LogP contribution >= 0.6 is 0 Å². The number of nitrogens with one attached hydrogen (secondary N) is 1. The highest BCUT2D eigenvalue weighted by Crippen LogP contribution is 2.21. The molecule has 0 unspecified atom stereocenters. The van der Waals surface area contributed by atoms with Crippen LogP contribution in [-0.2, 0) is 0 Å². The normalized spacial score (nSPS) is 10.9. The van der Waals surface area contributed by atoms with Gasteiger partial charge >= 0.3 is 0 Å². The van der Waals surface area contributed by atoms with Crippen molar-refractivity contribution < 1.29 is 5.11 Å². The van der Waals surface area contributed by atoms with Crippen molar-refractivity contribution in [1.82, 2.24) is 0 Å². The fourth-order valence-electron chi connectivity index (χ4n) is 3.34. The van der Waals surface area contributed by atoms with E-state index >= 15 is 0 Å². The molecule has 1 aromatic rings. The van der Waals surface area contributed by atoms with E-state index in [4.69, 9.17) is 0 Å². The van der Waals surface area contributed by atoms with Crippen LogP contribution in [-0.4, -0.2) is 11.7 Å². The Morgan fingerprint density at radius 1 is 0.640 bits per heavy atom. The highest BCUT2D eigenvalue weighted by Gasteiger charge is 1.98. The van der Waals surface area contributed by atoms with Crippen molar-refractivity contribution >= 4 is 5.69 Å². The molecule has 0 saturated carbocycles. The summed E-state index contributed by atoms with van der Waals surface area (Å²) in [5.74, 6) is 0.350. The second-order valence-electron chi connectivity index (χ2n) is 7.39. The summed E-state index contributed by atoms with van der Waals surface area (Å²) in [6, 6.07) is 7.47. The molecule has 144 valence electrons. The minimum atomic E-state index is 0.350. The summed E-state index contributed by atoms with van der Waals surface area (Å²) in [7, 11) is 0. The van der Waals surface area contributed by atoms with Crippen molar-refractivity contribution in [2.45, 2.75) is 103 Å². The van der Waals surface area contributed by atoms with Gasteiger partial charge in [-0.05, 0) is 18.6 Å². The largest absolute Gasteiger partial charge is 0.506 e. The molecule has 0 fully saturated rings. The van der Waals surface area contributed by atoms with Crippen LogP contribution in [0, 0.1) is 0 Å². The first kappa shape index (κ1) is 21.9. The molecule has 2 nitrogen and oxygen atoms in total. The van der Waals surface area contributed by atoms with Crippen molar-refractivity contribution in [3.63, 3.8) is 0 Å². The van der Waals surface area contributed by atoms with Crippen LogP contribution in [0.2, 0.25) is 0 Å². The lowest BCUT2D eigenvalue weighted by molar-refractivity contribution is 0.477. The Morgan fingerprint density at radius 2 is 1.08 bits per heavy atom. The quantitative estimate of drug-likeness (QED) is 0.224. The van der Waals surface area contributed by atoms with Crippen LogP contribution in [0.15, 0.2) is 24.3 Å².